The highest BCUT2D eigenvalue weighted by molar-refractivity contribution is 5.74. The van der Waals surface area contributed by atoms with Crippen molar-refractivity contribution in [1.82, 2.24) is 10.2 Å². The predicted octanol–water partition coefficient (Wildman–Crippen LogP) is 1.85. The van der Waals surface area contributed by atoms with Gasteiger partial charge in [0.05, 0.1) is 6.61 Å². The number of carbonyl (C=O) groups excluding carboxylic acids is 1. The second-order valence-electron chi connectivity index (χ2n) is 4.78. The normalized spacial score (nSPS) is 20.1. The van der Waals surface area contributed by atoms with Crippen LogP contribution in [-0.2, 0) is 4.74 Å². The summed E-state index contributed by atoms with van der Waals surface area (Å²) in [5.41, 5.74) is 0. The van der Waals surface area contributed by atoms with Gasteiger partial charge in [0, 0.05) is 31.7 Å². The van der Waals surface area contributed by atoms with E-state index in [1.807, 2.05) is 18.7 Å². The molecule has 0 saturated carbocycles. The first-order valence-electron chi connectivity index (χ1n) is 6.26. The van der Waals surface area contributed by atoms with Crippen LogP contribution >= 0.6 is 0 Å². The van der Waals surface area contributed by atoms with Gasteiger partial charge in [0.2, 0.25) is 0 Å². The monoisotopic (exact) mass is 228 g/mol. The second kappa shape index (κ2) is 6.74. The summed E-state index contributed by atoms with van der Waals surface area (Å²) < 4.78 is 5.34. The third-order valence-corrected chi connectivity index (χ3v) is 2.70. The smallest absolute Gasteiger partial charge is 0.317 e. The van der Waals surface area contributed by atoms with Crippen LogP contribution < -0.4 is 5.32 Å². The number of hydrogen-bond donors (Lipinski definition) is 1. The Balaban J connectivity index is 2.41. The highest BCUT2D eigenvalue weighted by Gasteiger charge is 2.22. The summed E-state index contributed by atoms with van der Waals surface area (Å²) in [7, 11) is 0. The average molecular weight is 228 g/mol. The minimum Gasteiger partial charge on any atom is -0.381 e. The van der Waals surface area contributed by atoms with Gasteiger partial charge in [-0.1, -0.05) is 6.92 Å². The largest absolute Gasteiger partial charge is 0.381 e. The summed E-state index contributed by atoms with van der Waals surface area (Å²) in [6, 6.07) is 0.260. The fourth-order valence-corrected chi connectivity index (χ4v) is 1.92. The zero-order chi connectivity index (χ0) is 12.0. The van der Waals surface area contributed by atoms with Crippen molar-refractivity contribution in [3.05, 3.63) is 0 Å². The van der Waals surface area contributed by atoms with Crippen LogP contribution in [0.5, 0.6) is 0 Å². The number of hydrogen-bond acceptors (Lipinski definition) is 2. The summed E-state index contributed by atoms with van der Waals surface area (Å²) in [6.07, 6.45) is 2.08. The molecule has 1 N–H and O–H groups in total. The molecular weight excluding hydrogens is 204 g/mol. The van der Waals surface area contributed by atoms with Gasteiger partial charge in [0.1, 0.15) is 0 Å². The number of urea groups is 1. The standard InChI is InChI=1S/C12H24N2O2/c1-4-6-14(12(15)13-10(2)3)8-11-5-7-16-9-11/h10-11H,4-9H2,1-3H3,(H,13,15). The molecule has 1 rings (SSSR count). The van der Waals surface area contributed by atoms with Gasteiger partial charge in [-0.05, 0) is 26.7 Å². The third-order valence-electron chi connectivity index (χ3n) is 2.70. The van der Waals surface area contributed by atoms with E-state index in [0.29, 0.717) is 5.92 Å². The van der Waals surface area contributed by atoms with Crippen LogP contribution in [0.15, 0.2) is 0 Å². The van der Waals surface area contributed by atoms with Crippen molar-refractivity contribution < 1.29 is 9.53 Å². The highest BCUT2D eigenvalue weighted by Crippen LogP contribution is 2.14. The molecule has 0 bridgehead atoms. The first-order valence-corrected chi connectivity index (χ1v) is 6.26. The Morgan fingerprint density at radius 3 is 2.81 bits per heavy atom. The lowest BCUT2D eigenvalue weighted by atomic mass is 10.1. The molecule has 2 amide bonds. The van der Waals surface area contributed by atoms with Crippen molar-refractivity contribution in [2.75, 3.05) is 26.3 Å². The third kappa shape index (κ3) is 4.39. The SMILES string of the molecule is CCCN(CC1CCOC1)C(=O)NC(C)C. The van der Waals surface area contributed by atoms with Crippen LogP contribution in [0.1, 0.15) is 33.6 Å². The molecule has 0 aromatic heterocycles. The second-order valence-corrected chi connectivity index (χ2v) is 4.78. The van der Waals surface area contributed by atoms with Gasteiger partial charge >= 0.3 is 6.03 Å². The molecule has 16 heavy (non-hydrogen) atoms. The van der Waals surface area contributed by atoms with Gasteiger partial charge < -0.3 is 15.0 Å². The van der Waals surface area contributed by atoms with Crippen molar-refractivity contribution in [3.8, 4) is 0 Å². The minimum atomic E-state index is 0.0590. The minimum absolute atomic E-state index is 0.0590. The lowest BCUT2D eigenvalue weighted by Gasteiger charge is -2.26. The van der Waals surface area contributed by atoms with Crippen LogP contribution in [0.2, 0.25) is 0 Å². The maximum atomic E-state index is 11.9. The molecule has 1 aliphatic heterocycles. The quantitative estimate of drug-likeness (QED) is 0.780. The number of amides is 2. The number of ether oxygens (including phenoxy) is 1. The van der Waals surface area contributed by atoms with E-state index in [2.05, 4.69) is 12.2 Å². The predicted molar refractivity (Wildman–Crippen MR) is 64.5 cm³/mol. The molecule has 0 aromatic rings. The van der Waals surface area contributed by atoms with Crippen molar-refractivity contribution in [2.45, 2.75) is 39.7 Å². The molecule has 0 aliphatic carbocycles. The Morgan fingerprint density at radius 2 is 2.31 bits per heavy atom. The highest BCUT2D eigenvalue weighted by atomic mass is 16.5. The van der Waals surface area contributed by atoms with Crippen LogP contribution in [-0.4, -0.2) is 43.3 Å². The summed E-state index contributed by atoms with van der Waals surface area (Å²) >= 11 is 0. The maximum Gasteiger partial charge on any atom is 0.317 e. The van der Waals surface area contributed by atoms with E-state index < -0.39 is 0 Å². The fraction of sp³-hybridized carbons (Fsp3) is 0.917. The molecule has 4 heteroatoms. The first kappa shape index (κ1) is 13.3. The maximum absolute atomic E-state index is 11.9. The van der Waals surface area contributed by atoms with E-state index in [1.165, 1.54) is 0 Å². The average Bonchev–Trinajstić information content (AvgIpc) is 2.68. The fourth-order valence-electron chi connectivity index (χ4n) is 1.92. The Kier molecular flexibility index (Phi) is 5.60. The molecule has 1 unspecified atom stereocenters. The van der Waals surface area contributed by atoms with E-state index in [4.69, 9.17) is 4.74 Å². The van der Waals surface area contributed by atoms with Gasteiger partial charge in [-0.25, -0.2) is 4.79 Å². The number of rotatable bonds is 5. The number of carbonyl (C=O) groups is 1. The van der Waals surface area contributed by atoms with Crippen molar-refractivity contribution >= 4 is 6.03 Å². The van der Waals surface area contributed by atoms with Crippen molar-refractivity contribution in [1.29, 1.82) is 0 Å². The van der Waals surface area contributed by atoms with Crippen LogP contribution in [0.3, 0.4) is 0 Å². The molecule has 0 aromatic carbocycles. The molecule has 94 valence electrons. The number of nitrogens with one attached hydrogen (secondary N) is 1. The van der Waals surface area contributed by atoms with E-state index in [-0.39, 0.29) is 12.1 Å². The van der Waals surface area contributed by atoms with Gasteiger partial charge in [0.25, 0.3) is 0 Å². The Bertz CT molecular complexity index is 213. The topological polar surface area (TPSA) is 41.6 Å². The van der Waals surface area contributed by atoms with Crippen LogP contribution in [0.4, 0.5) is 4.79 Å². The zero-order valence-corrected chi connectivity index (χ0v) is 10.7. The van der Waals surface area contributed by atoms with Crippen molar-refractivity contribution in [3.63, 3.8) is 0 Å². The van der Waals surface area contributed by atoms with E-state index >= 15 is 0 Å². The van der Waals surface area contributed by atoms with Crippen LogP contribution in [0.25, 0.3) is 0 Å². The van der Waals surface area contributed by atoms with Gasteiger partial charge in [-0.2, -0.15) is 0 Å². The molecule has 1 fully saturated rings. The molecule has 0 spiro atoms. The van der Waals surface area contributed by atoms with E-state index in [0.717, 1.165) is 39.1 Å². The summed E-state index contributed by atoms with van der Waals surface area (Å²) in [4.78, 5) is 13.8. The lowest BCUT2D eigenvalue weighted by molar-refractivity contribution is 0.163. The Hall–Kier alpha value is -0.770. The summed E-state index contributed by atoms with van der Waals surface area (Å²) in [5, 5.41) is 2.95. The zero-order valence-electron chi connectivity index (χ0n) is 10.7. The van der Waals surface area contributed by atoms with E-state index in [1.54, 1.807) is 0 Å². The summed E-state index contributed by atoms with van der Waals surface area (Å²) in [6.45, 7) is 9.37. The number of nitrogens with zero attached hydrogens (tertiary/aromatic N) is 1. The Labute approximate surface area is 98.3 Å². The summed E-state index contributed by atoms with van der Waals surface area (Å²) in [5.74, 6) is 0.518. The molecule has 1 aliphatic rings. The molecule has 0 radical (unpaired) electrons. The van der Waals surface area contributed by atoms with Gasteiger partial charge in [-0.3, -0.25) is 0 Å². The van der Waals surface area contributed by atoms with Crippen molar-refractivity contribution in [2.24, 2.45) is 5.92 Å². The Morgan fingerprint density at radius 1 is 1.56 bits per heavy atom. The molecular formula is C12H24N2O2. The van der Waals surface area contributed by atoms with Gasteiger partial charge in [-0.15, -0.1) is 0 Å². The molecule has 4 nitrogen and oxygen atoms in total. The van der Waals surface area contributed by atoms with Gasteiger partial charge in [0.15, 0.2) is 0 Å². The lowest BCUT2D eigenvalue weighted by Crippen LogP contribution is -2.45. The first-order chi connectivity index (χ1) is 7.63. The van der Waals surface area contributed by atoms with Crippen LogP contribution in [0, 0.1) is 5.92 Å². The molecule has 1 heterocycles. The van der Waals surface area contributed by atoms with E-state index in [9.17, 15) is 4.79 Å². The molecule has 1 atom stereocenters. The molecule has 1 saturated heterocycles.